The molecule has 1 aromatic rings. The molecule has 0 aromatic heterocycles. The molecule has 23 heavy (non-hydrogen) atoms. The van der Waals surface area contributed by atoms with Gasteiger partial charge >= 0.3 is 12.1 Å². The highest BCUT2D eigenvalue weighted by Crippen LogP contribution is 2.27. The maximum Gasteiger partial charge on any atom is 0.411 e. The molecule has 1 unspecified atom stereocenters. The van der Waals surface area contributed by atoms with Crippen LogP contribution >= 0.6 is 0 Å². The van der Waals surface area contributed by atoms with Gasteiger partial charge in [-0.15, -0.1) is 0 Å². The van der Waals surface area contributed by atoms with Gasteiger partial charge in [0.25, 0.3) is 0 Å². The first-order chi connectivity index (χ1) is 10.6. The molecular formula is C17H24FNO4. The van der Waals surface area contributed by atoms with Gasteiger partial charge in [0.1, 0.15) is 11.4 Å². The van der Waals surface area contributed by atoms with Crippen LogP contribution < -0.4 is 0 Å². The lowest BCUT2D eigenvalue weighted by molar-refractivity contribution is -0.143. The molecule has 0 spiro atoms. The number of hydrogen-bond donors (Lipinski definition) is 1. The van der Waals surface area contributed by atoms with Crippen LogP contribution in [0, 0.1) is 12.7 Å². The van der Waals surface area contributed by atoms with E-state index in [4.69, 9.17) is 4.74 Å². The van der Waals surface area contributed by atoms with Gasteiger partial charge in [0.2, 0.25) is 0 Å². The van der Waals surface area contributed by atoms with Crippen molar-refractivity contribution < 1.29 is 23.8 Å². The number of benzene rings is 1. The third-order valence-corrected chi connectivity index (χ3v) is 3.17. The summed E-state index contributed by atoms with van der Waals surface area (Å²) in [6, 6.07) is 2.62. The van der Waals surface area contributed by atoms with Crippen molar-refractivity contribution in [3.8, 4) is 0 Å². The van der Waals surface area contributed by atoms with E-state index in [2.05, 4.69) is 0 Å². The molecule has 1 amide bonds. The average molecular weight is 325 g/mol. The molecule has 0 saturated carbocycles. The maximum absolute atomic E-state index is 13.6. The third-order valence-electron chi connectivity index (χ3n) is 3.17. The van der Waals surface area contributed by atoms with Crippen molar-refractivity contribution in [1.82, 2.24) is 4.90 Å². The number of nitrogens with zero attached hydrogens (tertiary/aromatic N) is 1. The molecule has 0 aliphatic carbocycles. The van der Waals surface area contributed by atoms with E-state index in [0.29, 0.717) is 12.0 Å². The minimum absolute atomic E-state index is 0.196. The van der Waals surface area contributed by atoms with E-state index in [-0.39, 0.29) is 12.1 Å². The summed E-state index contributed by atoms with van der Waals surface area (Å²) in [7, 11) is 0. The smallest absolute Gasteiger partial charge is 0.411 e. The van der Waals surface area contributed by atoms with Crippen molar-refractivity contribution in [3.63, 3.8) is 0 Å². The molecule has 6 heteroatoms. The van der Waals surface area contributed by atoms with Crippen LogP contribution in [0.3, 0.4) is 0 Å². The van der Waals surface area contributed by atoms with Gasteiger partial charge in [-0.25, -0.2) is 14.0 Å². The summed E-state index contributed by atoms with van der Waals surface area (Å²) < 4.78 is 18.9. The zero-order valence-electron chi connectivity index (χ0n) is 14.2. The largest absolute Gasteiger partial charge is 0.479 e. The van der Waals surface area contributed by atoms with Crippen molar-refractivity contribution in [2.75, 3.05) is 6.54 Å². The maximum atomic E-state index is 13.6. The highest BCUT2D eigenvalue weighted by molar-refractivity contribution is 5.82. The molecule has 0 fully saturated rings. The summed E-state index contributed by atoms with van der Waals surface area (Å²) >= 11 is 0. The Morgan fingerprint density at radius 1 is 1.35 bits per heavy atom. The van der Waals surface area contributed by atoms with Gasteiger partial charge in [-0.3, -0.25) is 4.90 Å². The van der Waals surface area contributed by atoms with Crippen LogP contribution in [-0.4, -0.2) is 34.2 Å². The SMILES string of the molecule is CCCN(C(=O)OC(C)(C)C)C(C(=O)O)c1cc(F)ccc1C. The first-order valence-corrected chi connectivity index (χ1v) is 7.55. The Kier molecular flexibility index (Phi) is 6.12. The van der Waals surface area contributed by atoms with Crippen molar-refractivity contribution in [2.24, 2.45) is 0 Å². The van der Waals surface area contributed by atoms with Crippen LogP contribution in [0.5, 0.6) is 0 Å². The van der Waals surface area contributed by atoms with Crippen LogP contribution in [0.1, 0.15) is 51.3 Å². The third kappa shape index (κ3) is 5.23. The van der Waals surface area contributed by atoms with Crippen LogP contribution in [0.4, 0.5) is 9.18 Å². The molecule has 0 aliphatic rings. The summed E-state index contributed by atoms with van der Waals surface area (Å²) in [5, 5.41) is 9.61. The summed E-state index contributed by atoms with van der Waals surface area (Å²) in [6.07, 6.45) is -0.174. The van der Waals surface area contributed by atoms with Crippen molar-refractivity contribution in [2.45, 2.75) is 52.7 Å². The van der Waals surface area contributed by atoms with Crippen molar-refractivity contribution >= 4 is 12.1 Å². The fourth-order valence-electron chi connectivity index (χ4n) is 2.23. The number of carbonyl (C=O) groups excluding carboxylic acids is 1. The van der Waals surface area contributed by atoms with E-state index in [0.717, 1.165) is 11.0 Å². The van der Waals surface area contributed by atoms with E-state index in [9.17, 15) is 19.1 Å². The molecule has 128 valence electrons. The van der Waals surface area contributed by atoms with Gasteiger partial charge in [-0.1, -0.05) is 13.0 Å². The lowest BCUT2D eigenvalue weighted by Crippen LogP contribution is -2.42. The summed E-state index contributed by atoms with van der Waals surface area (Å²) in [5.74, 6) is -1.77. The highest BCUT2D eigenvalue weighted by atomic mass is 19.1. The molecule has 1 N–H and O–H groups in total. The minimum Gasteiger partial charge on any atom is -0.479 e. The van der Waals surface area contributed by atoms with E-state index >= 15 is 0 Å². The molecule has 5 nitrogen and oxygen atoms in total. The molecule has 0 radical (unpaired) electrons. The number of carboxylic acids is 1. The van der Waals surface area contributed by atoms with Crippen LogP contribution in [0.25, 0.3) is 0 Å². The quantitative estimate of drug-likeness (QED) is 0.891. The van der Waals surface area contributed by atoms with Gasteiger partial charge < -0.3 is 9.84 Å². The zero-order valence-corrected chi connectivity index (χ0v) is 14.2. The van der Waals surface area contributed by atoms with Crippen LogP contribution in [0.2, 0.25) is 0 Å². The molecule has 0 bridgehead atoms. The second-order valence-electron chi connectivity index (χ2n) is 6.42. The second kappa shape index (κ2) is 7.44. The van der Waals surface area contributed by atoms with Crippen molar-refractivity contribution in [3.05, 3.63) is 35.1 Å². The second-order valence-corrected chi connectivity index (χ2v) is 6.42. The summed E-state index contributed by atoms with van der Waals surface area (Å²) in [4.78, 5) is 25.3. The number of aryl methyl sites for hydroxylation is 1. The van der Waals surface area contributed by atoms with E-state index in [1.54, 1.807) is 27.7 Å². The Morgan fingerprint density at radius 3 is 2.43 bits per heavy atom. The molecule has 1 aromatic carbocycles. The standard InChI is InChI=1S/C17H24FNO4/c1-6-9-19(16(22)23-17(3,4)5)14(15(20)21)13-10-12(18)8-7-11(13)2/h7-8,10,14H,6,9H2,1-5H3,(H,20,21). The molecule has 1 rings (SSSR count). The normalized spacial score (nSPS) is 12.6. The molecule has 0 saturated heterocycles. The molecule has 0 aliphatic heterocycles. The minimum atomic E-state index is -1.29. The number of rotatable bonds is 5. The first kappa shape index (κ1) is 18.9. The number of amides is 1. The Hall–Kier alpha value is -2.11. The number of carboxylic acid groups (broad SMARTS) is 1. The average Bonchev–Trinajstić information content (AvgIpc) is 2.39. The number of hydrogen-bond acceptors (Lipinski definition) is 3. The highest BCUT2D eigenvalue weighted by Gasteiger charge is 2.34. The Morgan fingerprint density at radius 2 is 1.96 bits per heavy atom. The predicted molar refractivity (Wildman–Crippen MR) is 84.7 cm³/mol. The van der Waals surface area contributed by atoms with E-state index in [1.807, 2.05) is 6.92 Å². The summed E-state index contributed by atoms with van der Waals surface area (Å²) in [6.45, 7) is 8.83. The lowest BCUT2D eigenvalue weighted by Gasteiger charge is -2.32. The van der Waals surface area contributed by atoms with Crippen LogP contribution in [-0.2, 0) is 9.53 Å². The number of ether oxygens (including phenoxy) is 1. The number of halogens is 1. The van der Waals surface area contributed by atoms with Gasteiger partial charge in [0, 0.05) is 6.54 Å². The molecular weight excluding hydrogens is 301 g/mol. The lowest BCUT2D eigenvalue weighted by atomic mass is 9.99. The van der Waals surface area contributed by atoms with Gasteiger partial charge in [-0.05, 0) is 57.4 Å². The number of aliphatic carboxylic acids is 1. The predicted octanol–water partition coefficient (Wildman–Crippen LogP) is 3.91. The van der Waals surface area contributed by atoms with Gasteiger partial charge in [0.05, 0.1) is 0 Å². The fraction of sp³-hybridized carbons (Fsp3) is 0.529. The van der Waals surface area contributed by atoms with Gasteiger partial charge in [-0.2, -0.15) is 0 Å². The Balaban J connectivity index is 3.29. The van der Waals surface area contributed by atoms with Crippen molar-refractivity contribution in [1.29, 1.82) is 0 Å². The molecule has 1 atom stereocenters. The van der Waals surface area contributed by atoms with Crippen LogP contribution in [0.15, 0.2) is 18.2 Å². The van der Waals surface area contributed by atoms with E-state index < -0.39 is 29.5 Å². The van der Waals surface area contributed by atoms with Gasteiger partial charge in [0.15, 0.2) is 6.04 Å². The monoisotopic (exact) mass is 325 g/mol. The number of carbonyl (C=O) groups is 2. The fourth-order valence-corrected chi connectivity index (χ4v) is 2.23. The first-order valence-electron chi connectivity index (χ1n) is 7.55. The topological polar surface area (TPSA) is 66.8 Å². The Labute approximate surface area is 136 Å². The Bertz CT molecular complexity index is 580. The molecule has 0 heterocycles. The zero-order chi connectivity index (χ0) is 17.8. The summed E-state index contributed by atoms with van der Waals surface area (Å²) in [5.41, 5.74) is 0.101. The van der Waals surface area contributed by atoms with E-state index in [1.165, 1.54) is 12.1 Å².